The fourth-order valence-corrected chi connectivity index (χ4v) is 5.15. The minimum atomic E-state index is -0.152. The number of rotatable bonds is 2. The van der Waals surface area contributed by atoms with Crippen molar-refractivity contribution in [1.29, 1.82) is 0 Å². The number of hydrogen-bond donors (Lipinski definition) is 2. The van der Waals surface area contributed by atoms with E-state index in [0.717, 1.165) is 65.0 Å². The second kappa shape index (κ2) is 7.68. The second-order valence-electron chi connectivity index (χ2n) is 8.50. The number of benzene rings is 2. The van der Waals surface area contributed by atoms with Crippen molar-refractivity contribution in [1.82, 2.24) is 15.2 Å². The van der Waals surface area contributed by atoms with Gasteiger partial charge in [-0.05, 0) is 54.5 Å². The Morgan fingerprint density at radius 3 is 2.50 bits per heavy atom. The van der Waals surface area contributed by atoms with Crippen LogP contribution in [0.15, 0.2) is 54.6 Å². The van der Waals surface area contributed by atoms with Crippen LogP contribution in [0.2, 0.25) is 5.02 Å². The third-order valence-corrected chi connectivity index (χ3v) is 6.83. The molecule has 1 atom stereocenters. The predicted octanol–water partition coefficient (Wildman–Crippen LogP) is 6.26. The largest absolute Gasteiger partial charge is 0.418 e. The molecule has 0 amide bonds. The van der Waals surface area contributed by atoms with Crippen LogP contribution in [-0.4, -0.2) is 15.2 Å². The molecule has 4 aromatic rings. The summed E-state index contributed by atoms with van der Waals surface area (Å²) in [5.74, 6) is 0.972. The molecule has 2 aromatic carbocycles. The van der Waals surface area contributed by atoms with Crippen LogP contribution in [0.1, 0.15) is 53.1 Å². The Balaban J connectivity index is 1.62. The van der Waals surface area contributed by atoms with Crippen LogP contribution in [0.4, 0.5) is 5.69 Å². The minimum absolute atomic E-state index is 0.152. The number of H-pyrrole nitrogens is 1. The SMILES string of the molecule is Nc1c2c(nc3c1C(c1ccc(Cl)cc1)c1c(n[nH]c1-c1ccccc1)O3)CCCCC2. The smallest absolute Gasteiger partial charge is 0.244 e. The Kier molecular flexibility index (Phi) is 4.65. The molecule has 32 heavy (non-hydrogen) atoms. The Labute approximate surface area is 191 Å². The molecule has 0 saturated heterocycles. The highest BCUT2D eigenvalue weighted by molar-refractivity contribution is 6.30. The van der Waals surface area contributed by atoms with Gasteiger partial charge < -0.3 is 10.5 Å². The van der Waals surface area contributed by atoms with Gasteiger partial charge in [0.2, 0.25) is 11.8 Å². The molecule has 160 valence electrons. The van der Waals surface area contributed by atoms with Gasteiger partial charge in [0.05, 0.1) is 16.8 Å². The van der Waals surface area contributed by atoms with E-state index in [1.165, 1.54) is 12.0 Å². The first kappa shape index (κ1) is 19.4. The maximum Gasteiger partial charge on any atom is 0.244 e. The van der Waals surface area contributed by atoms with E-state index in [0.29, 0.717) is 16.8 Å². The molecule has 0 saturated carbocycles. The molecule has 3 heterocycles. The number of nitrogen functional groups attached to an aromatic ring is 1. The van der Waals surface area contributed by atoms with E-state index < -0.39 is 0 Å². The van der Waals surface area contributed by atoms with E-state index in [9.17, 15) is 0 Å². The lowest BCUT2D eigenvalue weighted by atomic mass is 9.81. The Morgan fingerprint density at radius 2 is 1.69 bits per heavy atom. The van der Waals surface area contributed by atoms with Gasteiger partial charge in [-0.2, -0.15) is 0 Å². The molecule has 3 N–H and O–H groups in total. The number of aromatic nitrogens is 3. The fourth-order valence-electron chi connectivity index (χ4n) is 5.03. The number of pyridine rings is 1. The van der Waals surface area contributed by atoms with Gasteiger partial charge in [-0.25, -0.2) is 4.98 Å². The van der Waals surface area contributed by atoms with Crippen molar-refractivity contribution in [3.05, 3.63) is 87.6 Å². The molecule has 2 aromatic heterocycles. The molecule has 0 bridgehead atoms. The van der Waals surface area contributed by atoms with E-state index >= 15 is 0 Å². The number of nitrogens with two attached hydrogens (primary N) is 1. The van der Waals surface area contributed by atoms with Crippen molar-refractivity contribution in [2.45, 2.75) is 38.0 Å². The fraction of sp³-hybridized carbons (Fsp3) is 0.231. The lowest BCUT2D eigenvalue weighted by molar-refractivity contribution is 0.416. The minimum Gasteiger partial charge on any atom is -0.418 e. The molecule has 0 fully saturated rings. The highest BCUT2D eigenvalue weighted by Crippen LogP contribution is 2.52. The molecule has 2 aliphatic rings. The summed E-state index contributed by atoms with van der Waals surface area (Å²) < 4.78 is 6.28. The van der Waals surface area contributed by atoms with Crippen molar-refractivity contribution < 1.29 is 4.74 Å². The number of anilines is 1. The van der Waals surface area contributed by atoms with Crippen LogP contribution in [0.3, 0.4) is 0 Å². The number of ether oxygens (including phenoxy) is 1. The molecule has 1 aliphatic heterocycles. The average Bonchev–Trinajstić information content (AvgIpc) is 3.09. The van der Waals surface area contributed by atoms with Gasteiger partial charge in [0, 0.05) is 22.3 Å². The molecular weight excluding hydrogens is 420 g/mol. The maximum atomic E-state index is 6.89. The highest BCUT2D eigenvalue weighted by Gasteiger charge is 2.38. The van der Waals surface area contributed by atoms with Gasteiger partial charge in [0.25, 0.3) is 0 Å². The Hall–Kier alpha value is -3.31. The Bertz CT molecular complexity index is 1300. The van der Waals surface area contributed by atoms with Gasteiger partial charge in [0.15, 0.2) is 0 Å². The van der Waals surface area contributed by atoms with Crippen molar-refractivity contribution in [3.63, 3.8) is 0 Å². The van der Waals surface area contributed by atoms with Crippen LogP contribution in [-0.2, 0) is 12.8 Å². The third-order valence-electron chi connectivity index (χ3n) is 6.58. The van der Waals surface area contributed by atoms with Crippen molar-refractivity contribution in [2.75, 3.05) is 5.73 Å². The summed E-state index contributed by atoms with van der Waals surface area (Å²) in [6.07, 6.45) is 5.35. The number of nitrogens with one attached hydrogen (secondary N) is 1. The van der Waals surface area contributed by atoms with E-state index in [4.69, 9.17) is 27.1 Å². The van der Waals surface area contributed by atoms with Crippen LogP contribution in [0.25, 0.3) is 11.3 Å². The lowest BCUT2D eigenvalue weighted by Crippen LogP contribution is -2.18. The summed E-state index contributed by atoms with van der Waals surface area (Å²) in [5, 5.41) is 8.44. The number of halogens is 1. The highest BCUT2D eigenvalue weighted by atomic mass is 35.5. The van der Waals surface area contributed by atoms with E-state index in [1.54, 1.807) is 0 Å². The van der Waals surface area contributed by atoms with Crippen LogP contribution in [0, 0.1) is 0 Å². The predicted molar refractivity (Wildman–Crippen MR) is 126 cm³/mol. The molecule has 6 rings (SSSR count). The molecule has 1 aliphatic carbocycles. The molecule has 0 spiro atoms. The third kappa shape index (κ3) is 3.07. The van der Waals surface area contributed by atoms with Crippen molar-refractivity contribution in [3.8, 4) is 23.0 Å². The van der Waals surface area contributed by atoms with E-state index in [-0.39, 0.29) is 5.92 Å². The van der Waals surface area contributed by atoms with E-state index in [2.05, 4.69) is 34.5 Å². The normalized spacial score (nSPS) is 17.0. The van der Waals surface area contributed by atoms with Gasteiger partial charge in [-0.3, -0.25) is 5.10 Å². The molecular formula is C26H23ClN4O. The monoisotopic (exact) mass is 442 g/mol. The number of fused-ring (bicyclic) bond motifs is 3. The van der Waals surface area contributed by atoms with Crippen LogP contribution < -0.4 is 10.5 Å². The first-order valence-corrected chi connectivity index (χ1v) is 11.5. The molecule has 1 unspecified atom stereocenters. The average molecular weight is 443 g/mol. The standard InChI is InChI=1S/C26H23ClN4O/c27-17-13-11-15(12-14-17)20-21-23(28)18-9-5-2-6-10-19(18)29-25(21)32-26-22(20)24(30-31-26)16-7-3-1-4-8-16/h1,3-4,7-8,11-14,20H,2,5-6,9-10H2,(H2,28,29)(H,30,31). The van der Waals surface area contributed by atoms with Crippen LogP contribution >= 0.6 is 11.6 Å². The van der Waals surface area contributed by atoms with Gasteiger partial charge in [-0.1, -0.05) is 60.5 Å². The zero-order chi connectivity index (χ0) is 21.7. The summed E-state index contributed by atoms with van der Waals surface area (Å²) in [7, 11) is 0. The van der Waals surface area contributed by atoms with Crippen molar-refractivity contribution >= 4 is 17.3 Å². The summed E-state index contributed by atoms with van der Waals surface area (Å²) >= 11 is 6.22. The maximum absolute atomic E-state index is 6.89. The lowest BCUT2D eigenvalue weighted by Gasteiger charge is -2.29. The molecule has 0 radical (unpaired) electrons. The molecule has 6 heteroatoms. The number of aryl methyl sites for hydroxylation is 1. The first-order chi connectivity index (χ1) is 15.7. The number of hydrogen-bond acceptors (Lipinski definition) is 4. The van der Waals surface area contributed by atoms with Gasteiger partial charge >= 0.3 is 0 Å². The zero-order valence-corrected chi connectivity index (χ0v) is 18.3. The number of nitrogens with zero attached hydrogens (tertiary/aromatic N) is 2. The van der Waals surface area contributed by atoms with Gasteiger partial charge in [-0.15, -0.1) is 5.10 Å². The zero-order valence-electron chi connectivity index (χ0n) is 17.6. The summed E-state index contributed by atoms with van der Waals surface area (Å²) in [6, 6.07) is 18.1. The van der Waals surface area contributed by atoms with Crippen LogP contribution in [0.5, 0.6) is 11.8 Å². The topological polar surface area (TPSA) is 76.8 Å². The van der Waals surface area contributed by atoms with Gasteiger partial charge in [0.1, 0.15) is 0 Å². The Morgan fingerprint density at radius 1 is 0.906 bits per heavy atom. The van der Waals surface area contributed by atoms with E-state index in [1.807, 2.05) is 30.3 Å². The first-order valence-electron chi connectivity index (χ1n) is 11.1. The summed E-state index contributed by atoms with van der Waals surface area (Å²) in [4.78, 5) is 4.97. The molecule has 5 nitrogen and oxygen atoms in total. The number of aromatic amines is 1. The summed E-state index contributed by atoms with van der Waals surface area (Å²) in [5.41, 5.74) is 14.9. The van der Waals surface area contributed by atoms with Crippen molar-refractivity contribution in [2.24, 2.45) is 0 Å². The summed E-state index contributed by atoms with van der Waals surface area (Å²) in [6.45, 7) is 0. The quantitative estimate of drug-likeness (QED) is 0.316. The second-order valence-corrected chi connectivity index (χ2v) is 8.94.